The van der Waals surface area contributed by atoms with Crippen molar-refractivity contribution in [2.45, 2.75) is 32.7 Å². The van der Waals surface area contributed by atoms with Gasteiger partial charge in [-0.2, -0.15) is 0 Å². The first-order valence-corrected chi connectivity index (χ1v) is 6.89. The Morgan fingerprint density at radius 1 is 1.53 bits per heavy atom. The lowest BCUT2D eigenvalue weighted by Gasteiger charge is -2.22. The van der Waals surface area contributed by atoms with Crippen LogP contribution in [0.2, 0.25) is 0 Å². The summed E-state index contributed by atoms with van der Waals surface area (Å²) in [6.07, 6.45) is 0.986. The molecule has 0 atom stereocenters. The third-order valence-corrected chi connectivity index (χ3v) is 4.65. The van der Waals surface area contributed by atoms with Gasteiger partial charge in [0.1, 0.15) is 0 Å². The molecule has 1 N–H and O–H groups in total. The minimum Gasteiger partial charge on any atom is -0.346 e. The molecule has 84 valence electrons. The van der Waals surface area contributed by atoms with Gasteiger partial charge in [-0.1, -0.05) is 22.9 Å². The van der Waals surface area contributed by atoms with Crippen molar-refractivity contribution in [3.8, 4) is 0 Å². The summed E-state index contributed by atoms with van der Waals surface area (Å²) in [5.74, 6) is 0.0177. The Hall–Kier alpha value is -0.350. The standard InChI is InChI=1S/C11H16BrNOS/c1-4-8-5-6-9(15-8)10(14)13-11(2,3)7-12/h5-6H,4,7H2,1-3H3,(H,13,14). The van der Waals surface area contributed by atoms with Gasteiger partial charge in [-0.05, 0) is 32.4 Å². The van der Waals surface area contributed by atoms with Crippen LogP contribution in [0.25, 0.3) is 0 Å². The van der Waals surface area contributed by atoms with E-state index in [9.17, 15) is 4.79 Å². The molecular formula is C11H16BrNOS. The predicted molar refractivity (Wildman–Crippen MR) is 69.0 cm³/mol. The molecule has 0 aliphatic carbocycles. The van der Waals surface area contributed by atoms with E-state index in [1.807, 2.05) is 26.0 Å². The van der Waals surface area contributed by atoms with Crippen LogP contribution in [-0.2, 0) is 6.42 Å². The Morgan fingerprint density at radius 2 is 2.20 bits per heavy atom. The van der Waals surface area contributed by atoms with Crippen molar-refractivity contribution in [3.05, 3.63) is 21.9 Å². The number of alkyl halides is 1. The summed E-state index contributed by atoms with van der Waals surface area (Å²) >= 11 is 4.94. The number of amides is 1. The van der Waals surface area contributed by atoms with Gasteiger partial charge in [-0.15, -0.1) is 11.3 Å². The number of halogens is 1. The number of carbonyl (C=O) groups excluding carboxylic acids is 1. The van der Waals surface area contributed by atoms with Crippen molar-refractivity contribution < 1.29 is 4.79 Å². The van der Waals surface area contributed by atoms with E-state index in [0.717, 1.165) is 16.6 Å². The molecule has 2 nitrogen and oxygen atoms in total. The lowest BCUT2D eigenvalue weighted by molar-refractivity contribution is 0.0925. The molecule has 0 spiro atoms. The average Bonchev–Trinajstić information content (AvgIpc) is 2.65. The first-order chi connectivity index (χ1) is 6.98. The number of thiophene rings is 1. The number of nitrogens with one attached hydrogen (secondary N) is 1. The highest BCUT2D eigenvalue weighted by atomic mass is 79.9. The topological polar surface area (TPSA) is 29.1 Å². The SMILES string of the molecule is CCc1ccc(C(=O)NC(C)(C)CBr)s1. The highest BCUT2D eigenvalue weighted by Crippen LogP contribution is 2.18. The fraction of sp³-hybridized carbons (Fsp3) is 0.545. The van der Waals surface area contributed by atoms with E-state index in [1.165, 1.54) is 4.88 Å². The molecule has 0 saturated heterocycles. The average molecular weight is 290 g/mol. The maximum atomic E-state index is 11.8. The number of carbonyl (C=O) groups is 1. The van der Waals surface area contributed by atoms with E-state index in [1.54, 1.807) is 11.3 Å². The second kappa shape index (κ2) is 5.12. The van der Waals surface area contributed by atoms with Crippen LogP contribution in [0.1, 0.15) is 35.3 Å². The number of rotatable bonds is 4. The predicted octanol–water partition coefficient (Wildman–Crippen LogP) is 3.21. The van der Waals surface area contributed by atoms with Gasteiger partial charge in [0.25, 0.3) is 5.91 Å². The summed E-state index contributed by atoms with van der Waals surface area (Å²) in [5.41, 5.74) is -0.201. The van der Waals surface area contributed by atoms with Crippen molar-refractivity contribution in [2.24, 2.45) is 0 Å². The Morgan fingerprint density at radius 3 is 2.67 bits per heavy atom. The van der Waals surface area contributed by atoms with E-state index < -0.39 is 0 Å². The molecular weight excluding hydrogens is 274 g/mol. The minimum atomic E-state index is -0.201. The maximum Gasteiger partial charge on any atom is 0.261 e. The van der Waals surface area contributed by atoms with Gasteiger partial charge in [0, 0.05) is 15.7 Å². The van der Waals surface area contributed by atoms with Gasteiger partial charge in [-0.3, -0.25) is 4.79 Å². The van der Waals surface area contributed by atoms with E-state index in [-0.39, 0.29) is 11.4 Å². The summed E-state index contributed by atoms with van der Waals surface area (Å²) in [6.45, 7) is 6.08. The van der Waals surface area contributed by atoms with Crippen molar-refractivity contribution in [1.82, 2.24) is 5.32 Å². The second-order valence-corrected chi connectivity index (χ2v) is 5.82. The Kier molecular flexibility index (Phi) is 4.34. The van der Waals surface area contributed by atoms with Gasteiger partial charge in [0.2, 0.25) is 0 Å². The van der Waals surface area contributed by atoms with Gasteiger partial charge >= 0.3 is 0 Å². The zero-order chi connectivity index (χ0) is 11.5. The molecule has 1 amide bonds. The molecule has 15 heavy (non-hydrogen) atoms. The van der Waals surface area contributed by atoms with Crippen LogP contribution in [0.15, 0.2) is 12.1 Å². The normalized spacial score (nSPS) is 11.5. The Balaban J connectivity index is 2.69. The molecule has 0 aromatic carbocycles. The molecule has 0 bridgehead atoms. The summed E-state index contributed by atoms with van der Waals surface area (Å²) < 4.78 is 0. The highest BCUT2D eigenvalue weighted by Gasteiger charge is 2.20. The molecule has 1 heterocycles. The number of aryl methyl sites for hydroxylation is 1. The molecule has 1 aromatic heterocycles. The van der Waals surface area contributed by atoms with E-state index in [2.05, 4.69) is 28.2 Å². The van der Waals surface area contributed by atoms with Crippen LogP contribution < -0.4 is 5.32 Å². The molecule has 0 aliphatic rings. The van der Waals surface area contributed by atoms with Crippen LogP contribution in [0.3, 0.4) is 0 Å². The molecule has 4 heteroatoms. The molecule has 0 radical (unpaired) electrons. The molecule has 1 rings (SSSR count). The fourth-order valence-electron chi connectivity index (χ4n) is 1.09. The zero-order valence-electron chi connectivity index (χ0n) is 9.26. The van der Waals surface area contributed by atoms with Crippen LogP contribution in [0.5, 0.6) is 0 Å². The number of hydrogen-bond donors (Lipinski definition) is 1. The zero-order valence-corrected chi connectivity index (χ0v) is 11.7. The van der Waals surface area contributed by atoms with Gasteiger partial charge in [0.15, 0.2) is 0 Å². The summed E-state index contributed by atoms with van der Waals surface area (Å²) in [5, 5.41) is 3.73. The van der Waals surface area contributed by atoms with Crippen LogP contribution in [0.4, 0.5) is 0 Å². The van der Waals surface area contributed by atoms with Crippen molar-refractivity contribution in [3.63, 3.8) is 0 Å². The summed E-state index contributed by atoms with van der Waals surface area (Å²) in [7, 11) is 0. The largest absolute Gasteiger partial charge is 0.346 e. The Bertz CT molecular complexity index is 346. The van der Waals surface area contributed by atoms with Crippen molar-refractivity contribution in [2.75, 3.05) is 5.33 Å². The minimum absolute atomic E-state index is 0.0177. The second-order valence-electron chi connectivity index (χ2n) is 4.09. The molecule has 0 unspecified atom stereocenters. The monoisotopic (exact) mass is 289 g/mol. The number of hydrogen-bond acceptors (Lipinski definition) is 2. The van der Waals surface area contributed by atoms with E-state index in [0.29, 0.717) is 0 Å². The summed E-state index contributed by atoms with van der Waals surface area (Å²) in [6, 6.07) is 3.91. The fourth-order valence-corrected chi connectivity index (χ4v) is 2.08. The molecule has 0 aliphatic heterocycles. The van der Waals surface area contributed by atoms with Crippen LogP contribution in [0, 0.1) is 0 Å². The lowest BCUT2D eigenvalue weighted by atomic mass is 10.1. The van der Waals surface area contributed by atoms with Crippen LogP contribution >= 0.6 is 27.3 Å². The quantitative estimate of drug-likeness (QED) is 0.848. The van der Waals surface area contributed by atoms with Gasteiger partial charge in [-0.25, -0.2) is 0 Å². The highest BCUT2D eigenvalue weighted by molar-refractivity contribution is 9.09. The van der Waals surface area contributed by atoms with E-state index >= 15 is 0 Å². The van der Waals surface area contributed by atoms with Gasteiger partial charge in [0.05, 0.1) is 4.88 Å². The third kappa shape index (κ3) is 3.61. The van der Waals surface area contributed by atoms with E-state index in [4.69, 9.17) is 0 Å². The Labute approximate surface area is 103 Å². The first kappa shape index (κ1) is 12.7. The smallest absolute Gasteiger partial charge is 0.261 e. The van der Waals surface area contributed by atoms with Crippen LogP contribution in [-0.4, -0.2) is 16.8 Å². The molecule has 0 fully saturated rings. The van der Waals surface area contributed by atoms with Crippen molar-refractivity contribution in [1.29, 1.82) is 0 Å². The first-order valence-electron chi connectivity index (χ1n) is 4.95. The van der Waals surface area contributed by atoms with Crippen molar-refractivity contribution >= 4 is 33.2 Å². The molecule has 0 saturated carbocycles. The third-order valence-electron chi connectivity index (χ3n) is 2.02. The lowest BCUT2D eigenvalue weighted by Crippen LogP contribution is -2.44. The maximum absolute atomic E-state index is 11.8. The van der Waals surface area contributed by atoms with Gasteiger partial charge < -0.3 is 5.32 Å². The summed E-state index contributed by atoms with van der Waals surface area (Å²) in [4.78, 5) is 13.9. The molecule has 1 aromatic rings.